The monoisotopic (exact) mass is 1080 g/mol. The van der Waals surface area contributed by atoms with E-state index in [1.54, 1.807) is 0 Å². The number of esters is 3. The van der Waals surface area contributed by atoms with Gasteiger partial charge in [0, 0.05) is 19.3 Å². The SMILES string of the molecule is CC/C=C\C/C=C\C/C=C\C/C=C\C/C=C\C/C=C\C/C=C\C/C=C\C/C=C\CCCCCCCCCC(=O)OCC(COC(=O)CCCCC/C=C\C/C=C\C/C=C\CC)OC(=O)CCCCC/C=C\C/C=C\C/C=C\CC. The minimum Gasteiger partial charge on any atom is -0.462 e. The number of hydrogen-bond donors (Lipinski definition) is 0. The summed E-state index contributed by atoms with van der Waals surface area (Å²) in [5, 5.41) is 0. The van der Waals surface area contributed by atoms with Gasteiger partial charge in [0.2, 0.25) is 0 Å². The minimum atomic E-state index is -0.819. The fourth-order valence-electron chi connectivity index (χ4n) is 7.81. The Kier molecular flexibility index (Phi) is 60.5. The van der Waals surface area contributed by atoms with Crippen LogP contribution in [0.25, 0.3) is 0 Å². The summed E-state index contributed by atoms with van der Waals surface area (Å²) in [6, 6.07) is 0. The Morgan fingerprint density at radius 1 is 0.253 bits per heavy atom. The third-order valence-electron chi connectivity index (χ3n) is 12.4. The van der Waals surface area contributed by atoms with E-state index in [0.29, 0.717) is 19.3 Å². The van der Waals surface area contributed by atoms with E-state index in [-0.39, 0.29) is 37.5 Å². The second-order valence-corrected chi connectivity index (χ2v) is 19.8. The predicted octanol–water partition coefficient (Wildman–Crippen LogP) is 21.7. The zero-order chi connectivity index (χ0) is 57.1. The summed E-state index contributed by atoms with van der Waals surface area (Å²) in [5.74, 6) is -0.994. The summed E-state index contributed by atoms with van der Waals surface area (Å²) in [5.41, 5.74) is 0. The third-order valence-corrected chi connectivity index (χ3v) is 12.4. The van der Waals surface area contributed by atoms with E-state index in [2.05, 4.69) is 203 Å². The largest absolute Gasteiger partial charge is 0.462 e. The van der Waals surface area contributed by atoms with Crippen LogP contribution in [-0.2, 0) is 28.6 Å². The topological polar surface area (TPSA) is 78.9 Å². The van der Waals surface area contributed by atoms with E-state index in [1.165, 1.54) is 19.3 Å². The maximum Gasteiger partial charge on any atom is 0.306 e. The molecule has 0 aromatic rings. The number of carbonyl (C=O) groups is 3. The molecule has 0 bridgehead atoms. The van der Waals surface area contributed by atoms with Crippen LogP contribution in [0.1, 0.15) is 239 Å². The first-order valence-corrected chi connectivity index (χ1v) is 31.3. The van der Waals surface area contributed by atoms with E-state index >= 15 is 0 Å². The molecule has 0 aromatic carbocycles. The summed E-state index contributed by atoms with van der Waals surface area (Å²) in [6.07, 6.45) is 97.7. The normalized spacial score (nSPS) is 13.4. The lowest BCUT2D eigenvalue weighted by atomic mass is 10.1. The summed E-state index contributed by atoms with van der Waals surface area (Å²) >= 11 is 0. The van der Waals surface area contributed by atoms with Crippen molar-refractivity contribution in [3.8, 4) is 0 Å². The predicted molar refractivity (Wildman–Crippen MR) is 343 cm³/mol. The van der Waals surface area contributed by atoms with Crippen LogP contribution in [0.2, 0.25) is 0 Å². The lowest BCUT2D eigenvalue weighted by Crippen LogP contribution is -2.30. The molecule has 0 aliphatic rings. The average molecular weight is 1090 g/mol. The second-order valence-electron chi connectivity index (χ2n) is 19.8. The van der Waals surface area contributed by atoms with Gasteiger partial charge in [0.05, 0.1) is 0 Å². The number of ether oxygens (including phenoxy) is 3. The van der Waals surface area contributed by atoms with Gasteiger partial charge in [-0.05, 0) is 154 Å². The highest BCUT2D eigenvalue weighted by Crippen LogP contribution is 2.13. The van der Waals surface area contributed by atoms with Crippen molar-refractivity contribution in [1.82, 2.24) is 0 Å². The molecule has 1 atom stereocenters. The molecule has 6 nitrogen and oxygen atoms in total. The van der Waals surface area contributed by atoms with Gasteiger partial charge in [-0.2, -0.15) is 0 Å². The first-order valence-electron chi connectivity index (χ1n) is 31.3. The van der Waals surface area contributed by atoms with Crippen molar-refractivity contribution in [3.05, 3.63) is 182 Å². The highest BCUT2D eigenvalue weighted by atomic mass is 16.6. The fraction of sp³-hybridized carbons (Fsp3) is 0.548. The van der Waals surface area contributed by atoms with Gasteiger partial charge < -0.3 is 14.2 Å². The Morgan fingerprint density at radius 3 is 0.722 bits per heavy atom. The number of rotatable bonds is 54. The van der Waals surface area contributed by atoms with E-state index in [1.807, 2.05) is 0 Å². The van der Waals surface area contributed by atoms with Gasteiger partial charge in [-0.3, -0.25) is 14.4 Å². The molecule has 1 unspecified atom stereocenters. The highest BCUT2D eigenvalue weighted by molar-refractivity contribution is 5.71. The van der Waals surface area contributed by atoms with Crippen molar-refractivity contribution in [2.75, 3.05) is 13.2 Å². The van der Waals surface area contributed by atoms with Crippen molar-refractivity contribution in [1.29, 1.82) is 0 Å². The first-order chi connectivity index (χ1) is 39.0. The molecule has 79 heavy (non-hydrogen) atoms. The number of unbranched alkanes of at least 4 members (excludes halogenated alkanes) is 13. The maximum atomic E-state index is 12.8. The van der Waals surface area contributed by atoms with Crippen LogP contribution >= 0.6 is 0 Å². The van der Waals surface area contributed by atoms with Gasteiger partial charge in [0.1, 0.15) is 13.2 Å². The Labute approximate surface area is 484 Å². The van der Waals surface area contributed by atoms with Crippen LogP contribution in [-0.4, -0.2) is 37.2 Å². The van der Waals surface area contributed by atoms with Crippen LogP contribution in [0.3, 0.4) is 0 Å². The fourth-order valence-corrected chi connectivity index (χ4v) is 7.81. The molecule has 0 heterocycles. The second kappa shape index (κ2) is 65.0. The standard InChI is InChI=1S/C73H112O6/c1-4-7-10-13-16-19-22-25-26-27-28-29-30-31-32-33-34-35-36-37-38-39-40-41-42-43-44-45-46-49-51-54-57-60-63-66-72(75)78-69-70(79-73(76)67-64-61-58-55-52-48-24-21-18-15-12-9-6-3)68-77-71(74)65-62-59-56-53-50-47-23-20-17-14-11-8-5-2/h7-12,16-21,25-26,28-29,31-32,34-35,37-38,40-41,43-44,47-48,50,52,70H,4-6,13-15,22-24,27,30,33,36,39,42,45-46,49,51,53-69H2,1-3H3/b10-7-,11-8-,12-9-,19-16-,20-17-,21-18-,26-25-,29-28-,32-31-,35-34-,38-37-,41-40-,44-43-,50-47-,52-48-. The molecule has 6 heteroatoms. The Hall–Kier alpha value is -5.49. The molecule has 0 aliphatic heterocycles. The van der Waals surface area contributed by atoms with Gasteiger partial charge in [-0.25, -0.2) is 0 Å². The van der Waals surface area contributed by atoms with Crippen molar-refractivity contribution < 1.29 is 28.6 Å². The van der Waals surface area contributed by atoms with Crippen LogP contribution in [0, 0.1) is 0 Å². The van der Waals surface area contributed by atoms with Gasteiger partial charge in [0.15, 0.2) is 6.10 Å². The Morgan fingerprint density at radius 2 is 0.456 bits per heavy atom. The molecule has 0 spiro atoms. The zero-order valence-corrected chi connectivity index (χ0v) is 50.3. The summed E-state index contributed by atoms with van der Waals surface area (Å²) in [7, 11) is 0. The Balaban J connectivity index is 4.30. The minimum absolute atomic E-state index is 0.114. The van der Waals surface area contributed by atoms with Crippen LogP contribution in [0.15, 0.2) is 182 Å². The number of allylic oxidation sites excluding steroid dienone is 30. The lowest BCUT2D eigenvalue weighted by molar-refractivity contribution is -0.167. The zero-order valence-electron chi connectivity index (χ0n) is 50.3. The molecule has 0 aromatic heterocycles. The van der Waals surface area contributed by atoms with Crippen molar-refractivity contribution in [3.63, 3.8) is 0 Å². The average Bonchev–Trinajstić information content (AvgIpc) is 3.45. The molecule has 0 radical (unpaired) electrons. The molecule has 440 valence electrons. The van der Waals surface area contributed by atoms with Gasteiger partial charge in [-0.1, -0.05) is 248 Å². The maximum absolute atomic E-state index is 12.8. The van der Waals surface area contributed by atoms with Crippen molar-refractivity contribution in [2.24, 2.45) is 0 Å². The van der Waals surface area contributed by atoms with Crippen LogP contribution in [0.5, 0.6) is 0 Å². The van der Waals surface area contributed by atoms with Crippen LogP contribution < -0.4 is 0 Å². The molecular formula is C73H112O6. The van der Waals surface area contributed by atoms with Gasteiger partial charge >= 0.3 is 17.9 Å². The van der Waals surface area contributed by atoms with E-state index in [9.17, 15) is 14.4 Å². The van der Waals surface area contributed by atoms with E-state index < -0.39 is 6.10 Å². The summed E-state index contributed by atoms with van der Waals surface area (Å²) in [6.45, 7) is 6.21. The molecule has 0 rings (SSSR count). The molecule has 0 saturated heterocycles. The van der Waals surface area contributed by atoms with Crippen molar-refractivity contribution in [2.45, 2.75) is 245 Å². The molecule has 0 amide bonds. The molecule has 0 fully saturated rings. The molecule has 0 N–H and O–H groups in total. The molecule has 0 aliphatic carbocycles. The highest BCUT2D eigenvalue weighted by Gasteiger charge is 2.19. The first kappa shape index (κ1) is 73.5. The Bertz CT molecular complexity index is 1870. The lowest BCUT2D eigenvalue weighted by Gasteiger charge is -2.18. The quantitative estimate of drug-likeness (QED) is 0.0261. The smallest absolute Gasteiger partial charge is 0.306 e. The molecular weight excluding hydrogens is 973 g/mol. The van der Waals surface area contributed by atoms with Crippen molar-refractivity contribution >= 4 is 17.9 Å². The van der Waals surface area contributed by atoms with Crippen LogP contribution in [0.4, 0.5) is 0 Å². The van der Waals surface area contributed by atoms with E-state index in [4.69, 9.17) is 14.2 Å². The summed E-state index contributed by atoms with van der Waals surface area (Å²) < 4.78 is 16.8. The van der Waals surface area contributed by atoms with Gasteiger partial charge in [0.25, 0.3) is 0 Å². The number of carbonyl (C=O) groups excluding carboxylic acids is 3. The number of hydrogen-bond acceptors (Lipinski definition) is 6. The molecule has 0 saturated carbocycles. The summed E-state index contributed by atoms with van der Waals surface area (Å²) in [4.78, 5) is 38.1. The van der Waals surface area contributed by atoms with E-state index in [0.717, 1.165) is 173 Å². The van der Waals surface area contributed by atoms with Gasteiger partial charge in [-0.15, -0.1) is 0 Å². The third kappa shape index (κ3) is 63.2.